The molecule has 4 heteroatoms. The summed E-state index contributed by atoms with van der Waals surface area (Å²) in [5.41, 5.74) is 1.84. The third-order valence-electron chi connectivity index (χ3n) is 3.70. The lowest BCUT2D eigenvalue weighted by Crippen LogP contribution is -2.45. The van der Waals surface area contributed by atoms with Crippen LogP contribution in [0.1, 0.15) is 17.4 Å². The summed E-state index contributed by atoms with van der Waals surface area (Å²) >= 11 is 0. The summed E-state index contributed by atoms with van der Waals surface area (Å²) in [4.78, 5) is 14.5. The minimum Gasteiger partial charge on any atom is -0.375 e. The van der Waals surface area contributed by atoms with E-state index in [1.54, 1.807) is 0 Å². The summed E-state index contributed by atoms with van der Waals surface area (Å²) in [6.45, 7) is 3.96. The van der Waals surface area contributed by atoms with Crippen LogP contribution >= 0.6 is 0 Å². The number of ether oxygens (including phenoxy) is 1. The lowest BCUT2D eigenvalue weighted by atomic mass is 10.2. The van der Waals surface area contributed by atoms with E-state index in [4.69, 9.17) is 4.74 Å². The first-order valence-corrected chi connectivity index (χ1v) is 6.62. The molecule has 0 bridgehead atoms. The van der Waals surface area contributed by atoms with E-state index < -0.39 is 0 Å². The highest BCUT2D eigenvalue weighted by Crippen LogP contribution is 2.20. The van der Waals surface area contributed by atoms with Crippen molar-refractivity contribution >= 4 is 16.8 Å². The van der Waals surface area contributed by atoms with Crippen LogP contribution in [0.4, 0.5) is 0 Å². The maximum absolute atomic E-state index is 12.6. The summed E-state index contributed by atoms with van der Waals surface area (Å²) in [5.74, 6) is 0.0915. The van der Waals surface area contributed by atoms with Crippen LogP contribution in [0, 0.1) is 0 Å². The quantitative estimate of drug-likeness (QED) is 0.784. The van der Waals surface area contributed by atoms with Crippen LogP contribution in [-0.4, -0.2) is 41.2 Å². The Kier molecular flexibility index (Phi) is 3.03. The van der Waals surface area contributed by atoms with Crippen molar-refractivity contribution in [2.24, 2.45) is 7.05 Å². The molecular formula is C15H18N2O2. The second-order valence-corrected chi connectivity index (χ2v) is 5.08. The second kappa shape index (κ2) is 4.70. The Hall–Kier alpha value is -1.81. The van der Waals surface area contributed by atoms with E-state index in [-0.39, 0.29) is 12.0 Å². The molecule has 1 aromatic heterocycles. The molecule has 2 aromatic rings. The molecule has 19 heavy (non-hydrogen) atoms. The van der Waals surface area contributed by atoms with Crippen molar-refractivity contribution < 1.29 is 9.53 Å². The molecule has 1 aliphatic rings. The second-order valence-electron chi connectivity index (χ2n) is 5.08. The number of aryl methyl sites for hydroxylation is 1. The van der Waals surface area contributed by atoms with Gasteiger partial charge in [0.25, 0.3) is 5.91 Å². The molecule has 0 spiro atoms. The number of fused-ring (bicyclic) bond motifs is 1. The molecule has 0 N–H and O–H groups in total. The number of hydrogen-bond donors (Lipinski definition) is 0. The predicted octanol–water partition coefficient (Wildman–Crippen LogP) is 2.04. The SMILES string of the molecule is C[C@@H]1CN(C(=O)c2cc3ccccc3n2C)CCO1. The fourth-order valence-corrected chi connectivity index (χ4v) is 2.66. The van der Waals surface area contributed by atoms with Gasteiger partial charge in [-0.2, -0.15) is 0 Å². The number of hydrogen-bond acceptors (Lipinski definition) is 2. The summed E-state index contributed by atoms with van der Waals surface area (Å²) in [6, 6.07) is 10.0. The Morgan fingerprint density at radius 2 is 2.16 bits per heavy atom. The first kappa shape index (κ1) is 12.2. The summed E-state index contributed by atoms with van der Waals surface area (Å²) in [7, 11) is 1.94. The zero-order valence-corrected chi connectivity index (χ0v) is 11.3. The smallest absolute Gasteiger partial charge is 0.270 e. The number of rotatable bonds is 1. The Labute approximate surface area is 112 Å². The van der Waals surface area contributed by atoms with Crippen LogP contribution in [0.25, 0.3) is 10.9 Å². The molecular weight excluding hydrogens is 240 g/mol. The van der Waals surface area contributed by atoms with Gasteiger partial charge < -0.3 is 14.2 Å². The topological polar surface area (TPSA) is 34.5 Å². The van der Waals surface area contributed by atoms with E-state index in [1.807, 2.05) is 53.8 Å². The maximum Gasteiger partial charge on any atom is 0.270 e. The average molecular weight is 258 g/mol. The van der Waals surface area contributed by atoms with Crippen molar-refractivity contribution in [3.63, 3.8) is 0 Å². The number of morpholine rings is 1. The van der Waals surface area contributed by atoms with Crippen molar-refractivity contribution in [2.45, 2.75) is 13.0 Å². The van der Waals surface area contributed by atoms with Crippen LogP contribution in [0.2, 0.25) is 0 Å². The van der Waals surface area contributed by atoms with Crippen LogP contribution < -0.4 is 0 Å². The fraction of sp³-hybridized carbons (Fsp3) is 0.400. The van der Waals surface area contributed by atoms with Crippen LogP contribution in [-0.2, 0) is 11.8 Å². The Morgan fingerprint density at radius 1 is 1.37 bits per heavy atom. The molecule has 0 unspecified atom stereocenters. The van der Waals surface area contributed by atoms with Crippen molar-refractivity contribution in [3.8, 4) is 0 Å². The fourth-order valence-electron chi connectivity index (χ4n) is 2.66. The van der Waals surface area contributed by atoms with Gasteiger partial charge in [-0.25, -0.2) is 0 Å². The van der Waals surface area contributed by atoms with Crippen molar-refractivity contribution in [3.05, 3.63) is 36.0 Å². The van der Waals surface area contributed by atoms with Gasteiger partial charge in [-0.05, 0) is 19.1 Å². The van der Waals surface area contributed by atoms with Crippen molar-refractivity contribution in [2.75, 3.05) is 19.7 Å². The minimum absolute atomic E-state index is 0.0915. The number of amides is 1. The number of carbonyl (C=O) groups excluding carboxylic acids is 1. The monoisotopic (exact) mass is 258 g/mol. The number of nitrogens with zero attached hydrogens (tertiary/aromatic N) is 2. The van der Waals surface area contributed by atoms with Gasteiger partial charge >= 0.3 is 0 Å². The first-order valence-electron chi connectivity index (χ1n) is 6.62. The normalized spacial score (nSPS) is 19.9. The number of benzene rings is 1. The standard InChI is InChI=1S/C15H18N2O2/c1-11-10-17(7-8-19-11)15(18)14-9-12-5-3-4-6-13(12)16(14)2/h3-6,9,11H,7-8,10H2,1-2H3/t11-/m1/s1. The molecule has 1 atom stereocenters. The summed E-state index contributed by atoms with van der Waals surface area (Å²) in [5, 5.41) is 1.11. The zero-order valence-electron chi connectivity index (χ0n) is 11.3. The molecule has 1 fully saturated rings. The minimum atomic E-state index is 0.0915. The van der Waals surface area contributed by atoms with Crippen molar-refractivity contribution in [1.82, 2.24) is 9.47 Å². The molecule has 1 saturated heterocycles. The van der Waals surface area contributed by atoms with E-state index in [2.05, 4.69) is 0 Å². The van der Waals surface area contributed by atoms with Gasteiger partial charge in [0, 0.05) is 31.0 Å². The maximum atomic E-state index is 12.6. The lowest BCUT2D eigenvalue weighted by Gasteiger charge is -2.31. The Balaban J connectivity index is 1.95. The molecule has 0 saturated carbocycles. The third-order valence-corrected chi connectivity index (χ3v) is 3.70. The largest absolute Gasteiger partial charge is 0.375 e. The molecule has 3 rings (SSSR count). The summed E-state index contributed by atoms with van der Waals surface area (Å²) < 4.78 is 7.45. The highest BCUT2D eigenvalue weighted by Gasteiger charge is 2.24. The van der Waals surface area contributed by atoms with Gasteiger partial charge in [-0.3, -0.25) is 4.79 Å². The first-order chi connectivity index (χ1) is 9.16. The molecule has 1 aliphatic heterocycles. The highest BCUT2D eigenvalue weighted by molar-refractivity contribution is 5.98. The van der Waals surface area contributed by atoms with Crippen LogP contribution in [0.5, 0.6) is 0 Å². The summed E-state index contributed by atoms with van der Waals surface area (Å²) in [6.07, 6.45) is 0.118. The van der Waals surface area contributed by atoms with Gasteiger partial charge in [-0.15, -0.1) is 0 Å². The van der Waals surface area contributed by atoms with Crippen molar-refractivity contribution in [1.29, 1.82) is 0 Å². The molecule has 1 amide bonds. The van der Waals surface area contributed by atoms with E-state index in [9.17, 15) is 4.79 Å². The average Bonchev–Trinajstić information content (AvgIpc) is 2.76. The molecule has 0 aliphatic carbocycles. The zero-order chi connectivity index (χ0) is 13.4. The molecule has 4 nitrogen and oxygen atoms in total. The number of para-hydroxylation sites is 1. The van der Waals surface area contributed by atoms with E-state index in [1.165, 1.54) is 0 Å². The van der Waals surface area contributed by atoms with Gasteiger partial charge in [0.15, 0.2) is 0 Å². The van der Waals surface area contributed by atoms with Gasteiger partial charge in [0.1, 0.15) is 5.69 Å². The third kappa shape index (κ3) is 2.12. The highest BCUT2D eigenvalue weighted by atomic mass is 16.5. The van der Waals surface area contributed by atoms with Gasteiger partial charge in [-0.1, -0.05) is 18.2 Å². The van der Waals surface area contributed by atoms with Crippen LogP contribution in [0.15, 0.2) is 30.3 Å². The Bertz CT molecular complexity index is 618. The molecule has 100 valence electrons. The van der Waals surface area contributed by atoms with E-state index in [0.29, 0.717) is 19.7 Å². The van der Waals surface area contributed by atoms with Crippen LogP contribution in [0.3, 0.4) is 0 Å². The lowest BCUT2D eigenvalue weighted by molar-refractivity contribution is -0.0127. The van der Waals surface area contributed by atoms with Gasteiger partial charge in [0.05, 0.1) is 12.7 Å². The molecule has 1 aromatic carbocycles. The Morgan fingerprint density at radius 3 is 2.89 bits per heavy atom. The predicted molar refractivity (Wildman–Crippen MR) is 74.2 cm³/mol. The number of aromatic nitrogens is 1. The molecule has 2 heterocycles. The molecule has 0 radical (unpaired) electrons. The van der Waals surface area contributed by atoms with E-state index in [0.717, 1.165) is 16.6 Å². The van der Waals surface area contributed by atoms with Gasteiger partial charge in [0.2, 0.25) is 0 Å². The van der Waals surface area contributed by atoms with E-state index >= 15 is 0 Å². The number of carbonyl (C=O) groups is 1.